The standard InChI is InChI=1S/C20H18ClF2N5O2S/c1-2-28-17(10-18(29)24-13-5-3-12(22)4-6-13)26-27-20(28)31-11-19(30)25-14-7-8-16(23)15(21)9-14/h3-9H,2,10-11H2,1H3,(H,24,29)(H,25,30). The molecule has 2 aromatic carbocycles. The summed E-state index contributed by atoms with van der Waals surface area (Å²) in [6, 6.07) is 9.34. The van der Waals surface area contributed by atoms with Crippen LogP contribution in [0.1, 0.15) is 12.7 Å². The number of anilines is 2. The van der Waals surface area contributed by atoms with Crippen LogP contribution in [0.15, 0.2) is 47.6 Å². The molecule has 0 spiro atoms. The molecule has 0 aliphatic heterocycles. The number of hydrogen-bond donors (Lipinski definition) is 2. The summed E-state index contributed by atoms with van der Waals surface area (Å²) in [5.74, 6) is -1.13. The van der Waals surface area contributed by atoms with E-state index in [-0.39, 0.29) is 29.0 Å². The second kappa shape index (κ2) is 10.4. The van der Waals surface area contributed by atoms with Crippen LogP contribution in [0.5, 0.6) is 0 Å². The van der Waals surface area contributed by atoms with E-state index in [9.17, 15) is 18.4 Å². The lowest BCUT2D eigenvalue weighted by Gasteiger charge is -2.09. The van der Waals surface area contributed by atoms with Gasteiger partial charge >= 0.3 is 0 Å². The normalized spacial score (nSPS) is 10.7. The molecule has 0 aliphatic carbocycles. The van der Waals surface area contributed by atoms with E-state index in [2.05, 4.69) is 20.8 Å². The van der Waals surface area contributed by atoms with E-state index in [1.165, 1.54) is 42.5 Å². The maximum Gasteiger partial charge on any atom is 0.234 e. The second-order valence-corrected chi connectivity index (χ2v) is 7.69. The van der Waals surface area contributed by atoms with Crippen molar-refractivity contribution >= 4 is 46.6 Å². The van der Waals surface area contributed by atoms with E-state index in [0.717, 1.165) is 11.8 Å². The van der Waals surface area contributed by atoms with Crippen LogP contribution in [0, 0.1) is 11.6 Å². The molecule has 0 bridgehead atoms. The predicted octanol–water partition coefficient (Wildman–Crippen LogP) is 4.14. The zero-order valence-corrected chi connectivity index (χ0v) is 17.9. The fourth-order valence-electron chi connectivity index (χ4n) is 2.66. The molecule has 31 heavy (non-hydrogen) atoms. The van der Waals surface area contributed by atoms with Crippen LogP contribution in [0.4, 0.5) is 20.2 Å². The third-order valence-corrected chi connectivity index (χ3v) is 5.35. The number of nitrogens with one attached hydrogen (secondary N) is 2. The van der Waals surface area contributed by atoms with Crippen LogP contribution in [0.25, 0.3) is 0 Å². The third kappa shape index (κ3) is 6.25. The molecule has 162 valence electrons. The van der Waals surface area contributed by atoms with Gasteiger partial charge in [-0.15, -0.1) is 10.2 Å². The number of benzene rings is 2. The van der Waals surface area contributed by atoms with Crippen molar-refractivity contribution in [1.82, 2.24) is 14.8 Å². The van der Waals surface area contributed by atoms with Crippen molar-refractivity contribution in [1.29, 1.82) is 0 Å². The Balaban J connectivity index is 1.57. The van der Waals surface area contributed by atoms with Crippen molar-refractivity contribution in [2.75, 3.05) is 16.4 Å². The minimum atomic E-state index is -0.568. The topological polar surface area (TPSA) is 88.9 Å². The number of carbonyl (C=O) groups is 2. The van der Waals surface area contributed by atoms with E-state index in [0.29, 0.717) is 28.9 Å². The smallest absolute Gasteiger partial charge is 0.234 e. The Labute approximate surface area is 186 Å². The van der Waals surface area contributed by atoms with Crippen LogP contribution in [0.3, 0.4) is 0 Å². The second-order valence-electron chi connectivity index (χ2n) is 6.34. The molecule has 0 radical (unpaired) electrons. The van der Waals surface area contributed by atoms with Gasteiger partial charge < -0.3 is 15.2 Å². The van der Waals surface area contributed by atoms with E-state index in [1.54, 1.807) is 4.57 Å². The lowest BCUT2D eigenvalue weighted by atomic mass is 10.3. The van der Waals surface area contributed by atoms with Gasteiger partial charge in [0.05, 0.1) is 17.2 Å². The molecule has 3 rings (SSSR count). The maximum absolute atomic E-state index is 13.2. The molecule has 3 aromatic rings. The molecular weight excluding hydrogens is 448 g/mol. The minimum absolute atomic E-state index is 0.0287. The van der Waals surface area contributed by atoms with E-state index in [4.69, 9.17) is 11.6 Å². The quantitative estimate of drug-likeness (QED) is 0.488. The molecule has 0 aliphatic rings. The zero-order chi connectivity index (χ0) is 22.4. The first-order valence-corrected chi connectivity index (χ1v) is 10.6. The Morgan fingerprint density at radius 3 is 2.39 bits per heavy atom. The van der Waals surface area contributed by atoms with Crippen LogP contribution < -0.4 is 10.6 Å². The number of amides is 2. The number of halogens is 3. The van der Waals surface area contributed by atoms with Gasteiger partial charge in [0.1, 0.15) is 17.5 Å². The Kier molecular flexibility index (Phi) is 7.59. The monoisotopic (exact) mass is 465 g/mol. The maximum atomic E-state index is 13.2. The first-order chi connectivity index (χ1) is 14.9. The molecule has 1 heterocycles. The highest BCUT2D eigenvalue weighted by Crippen LogP contribution is 2.21. The fraction of sp³-hybridized carbons (Fsp3) is 0.200. The average molecular weight is 466 g/mol. The number of aromatic nitrogens is 3. The average Bonchev–Trinajstić information content (AvgIpc) is 3.12. The Hall–Kier alpha value is -2.98. The fourth-order valence-corrected chi connectivity index (χ4v) is 3.66. The van der Waals surface area contributed by atoms with Crippen LogP contribution in [-0.4, -0.2) is 32.3 Å². The molecule has 0 saturated heterocycles. The summed E-state index contributed by atoms with van der Waals surface area (Å²) in [5.41, 5.74) is 0.855. The summed E-state index contributed by atoms with van der Waals surface area (Å²) in [6.07, 6.45) is -0.0287. The van der Waals surface area contributed by atoms with E-state index < -0.39 is 11.6 Å². The molecule has 7 nitrogen and oxygen atoms in total. The molecule has 0 fully saturated rings. The van der Waals surface area contributed by atoms with Gasteiger partial charge in [-0.25, -0.2) is 8.78 Å². The van der Waals surface area contributed by atoms with Gasteiger partial charge in [0.15, 0.2) is 5.16 Å². The molecule has 0 unspecified atom stereocenters. The van der Waals surface area contributed by atoms with Gasteiger partial charge in [-0.2, -0.15) is 0 Å². The van der Waals surface area contributed by atoms with Gasteiger partial charge in [-0.1, -0.05) is 23.4 Å². The van der Waals surface area contributed by atoms with Crippen molar-refractivity contribution in [3.63, 3.8) is 0 Å². The number of nitrogens with zero attached hydrogens (tertiary/aromatic N) is 3. The van der Waals surface area contributed by atoms with E-state index >= 15 is 0 Å². The first kappa shape index (κ1) is 22.7. The van der Waals surface area contributed by atoms with Gasteiger partial charge in [0.2, 0.25) is 11.8 Å². The molecule has 0 saturated carbocycles. The number of thioether (sulfide) groups is 1. The summed E-state index contributed by atoms with van der Waals surface area (Å²) in [4.78, 5) is 24.4. The summed E-state index contributed by atoms with van der Waals surface area (Å²) < 4.78 is 27.9. The highest BCUT2D eigenvalue weighted by atomic mass is 35.5. The van der Waals surface area contributed by atoms with E-state index in [1.807, 2.05) is 6.92 Å². The lowest BCUT2D eigenvalue weighted by Crippen LogP contribution is -2.18. The number of carbonyl (C=O) groups excluding carboxylic acids is 2. The molecule has 2 amide bonds. The lowest BCUT2D eigenvalue weighted by molar-refractivity contribution is -0.116. The van der Waals surface area contributed by atoms with Gasteiger partial charge in [0, 0.05) is 17.9 Å². The van der Waals surface area contributed by atoms with Gasteiger partial charge in [-0.05, 0) is 49.4 Å². The third-order valence-electron chi connectivity index (χ3n) is 4.09. The number of rotatable bonds is 8. The largest absolute Gasteiger partial charge is 0.326 e. The molecular formula is C20H18ClF2N5O2S. The Bertz CT molecular complexity index is 1090. The van der Waals surface area contributed by atoms with Crippen molar-refractivity contribution in [3.05, 3.63) is 64.9 Å². The van der Waals surface area contributed by atoms with Crippen molar-refractivity contribution in [2.24, 2.45) is 0 Å². The molecule has 0 atom stereocenters. The Morgan fingerprint density at radius 2 is 1.71 bits per heavy atom. The zero-order valence-electron chi connectivity index (χ0n) is 16.4. The van der Waals surface area contributed by atoms with Gasteiger partial charge in [-0.3, -0.25) is 9.59 Å². The van der Waals surface area contributed by atoms with Crippen molar-refractivity contribution in [3.8, 4) is 0 Å². The highest BCUT2D eigenvalue weighted by Gasteiger charge is 2.16. The number of hydrogen-bond acceptors (Lipinski definition) is 5. The van der Waals surface area contributed by atoms with Crippen LogP contribution >= 0.6 is 23.4 Å². The van der Waals surface area contributed by atoms with Crippen LogP contribution in [0.2, 0.25) is 5.02 Å². The summed E-state index contributed by atoms with van der Waals surface area (Å²) >= 11 is 6.87. The Morgan fingerprint density at radius 1 is 1.03 bits per heavy atom. The predicted molar refractivity (Wildman–Crippen MR) is 115 cm³/mol. The first-order valence-electron chi connectivity index (χ1n) is 9.21. The molecule has 1 aromatic heterocycles. The SMILES string of the molecule is CCn1c(CC(=O)Nc2ccc(F)cc2)nnc1SCC(=O)Nc1ccc(F)c(Cl)c1. The summed E-state index contributed by atoms with van der Waals surface area (Å²) in [5, 5.41) is 13.8. The highest BCUT2D eigenvalue weighted by molar-refractivity contribution is 7.99. The molecule has 11 heteroatoms. The van der Waals surface area contributed by atoms with Crippen LogP contribution in [-0.2, 0) is 22.6 Å². The molecule has 2 N–H and O–H groups in total. The summed E-state index contributed by atoms with van der Waals surface area (Å²) in [7, 11) is 0. The van der Waals surface area contributed by atoms with Gasteiger partial charge in [0.25, 0.3) is 0 Å². The minimum Gasteiger partial charge on any atom is -0.326 e. The van der Waals surface area contributed by atoms with Crippen molar-refractivity contribution in [2.45, 2.75) is 25.0 Å². The summed E-state index contributed by atoms with van der Waals surface area (Å²) in [6.45, 7) is 2.37. The van der Waals surface area contributed by atoms with Crippen molar-refractivity contribution < 1.29 is 18.4 Å².